The quantitative estimate of drug-likeness (QED) is 0.125. The highest BCUT2D eigenvalue weighted by atomic mass is 16.6. The predicted molar refractivity (Wildman–Crippen MR) is 217 cm³/mol. The molecule has 3 rings (SSSR count). The smallest absolute Gasteiger partial charge is 0.410 e. The molecule has 1 aromatic rings. The standard InChI is InChI=1S/C43H68N4O11/c1-9-54-37(49)27-35(33-12-11-13-34(26-33)56-29-38(50)55-10-2)45-36(48)28-44-39(51)32(16-14-30-18-22-46(23-19-30)40(52)57-42(3,4)5)17-15-31-20-24-47(25-21-31)41(53)58-43(6,7)8/h11-13,26,30-32,35H,9-10,14-25,27-29H2,1-8H3,(H,44,51)(H,45,48). The fourth-order valence-corrected chi connectivity index (χ4v) is 7.10. The Morgan fingerprint density at radius 2 is 1.24 bits per heavy atom. The minimum Gasteiger partial charge on any atom is -0.482 e. The Bertz CT molecular complexity index is 1450. The van der Waals surface area contributed by atoms with Crippen LogP contribution in [0.4, 0.5) is 9.59 Å². The Labute approximate surface area is 344 Å². The van der Waals surface area contributed by atoms with Crippen LogP contribution < -0.4 is 15.4 Å². The van der Waals surface area contributed by atoms with Gasteiger partial charge in [0.05, 0.1) is 32.2 Å². The van der Waals surface area contributed by atoms with E-state index in [4.69, 9.17) is 23.7 Å². The van der Waals surface area contributed by atoms with Crippen LogP contribution >= 0.6 is 0 Å². The van der Waals surface area contributed by atoms with Crippen molar-refractivity contribution in [1.29, 1.82) is 0 Å². The molecule has 0 aliphatic carbocycles. The van der Waals surface area contributed by atoms with Crippen LogP contribution in [0.2, 0.25) is 0 Å². The van der Waals surface area contributed by atoms with Gasteiger partial charge in [-0.25, -0.2) is 14.4 Å². The van der Waals surface area contributed by atoms with Gasteiger partial charge in [-0.2, -0.15) is 0 Å². The Morgan fingerprint density at radius 3 is 1.72 bits per heavy atom. The number of hydrogen-bond donors (Lipinski definition) is 2. The number of nitrogens with one attached hydrogen (secondary N) is 2. The molecule has 2 heterocycles. The van der Waals surface area contributed by atoms with Gasteiger partial charge in [-0.05, 0) is 136 Å². The first-order valence-corrected chi connectivity index (χ1v) is 20.9. The number of rotatable bonds is 18. The van der Waals surface area contributed by atoms with E-state index in [-0.39, 0.29) is 56.8 Å². The highest BCUT2D eigenvalue weighted by Gasteiger charge is 2.31. The number of benzene rings is 1. The lowest BCUT2D eigenvalue weighted by Crippen LogP contribution is -2.43. The van der Waals surface area contributed by atoms with E-state index < -0.39 is 35.1 Å². The average Bonchev–Trinajstić information content (AvgIpc) is 3.15. The molecule has 0 spiro atoms. The summed E-state index contributed by atoms with van der Waals surface area (Å²) in [6.07, 6.45) is 5.36. The van der Waals surface area contributed by atoms with Gasteiger partial charge in [-0.15, -0.1) is 0 Å². The lowest BCUT2D eigenvalue weighted by Gasteiger charge is -2.34. The molecule has 0 bridgehead atoms. The second-order valence-corrected chi connectivity index (χ2v) is 17.2. The number of amides is 4. The Kier molecular flexibility index (Phi) is 19.1. The third-order valence-corrected chi connectivity index (χ3v) is 10.1. The SMILES string of the molecule is CCOC(=O)COc1cccc(C(CC(=O)OCC)NC(=O)CNC(=O)C(CCC2CCN(C(=O)OC(C)(C)C)CC2)CCC2CCN(C(=O)OC(C)(C)C)CC2)c1. The first kappa shape index (κ1) is 47.8. The second-order valence-electron chi connectivity index (χ2n) is 17.2. The lowest BCUT2D eigenvalue weighted by atomic mass is 9.84. The average molecular weight is 817 g/mol. The maximum atomic E-state index is 13.8. The monoisotopic (exact) mass is 816 g/mol. The van der Waals surface area contributed by atoms with Gasteiger partial charge in [0.1, 0.15) is 17.0 Å². The van der Waals surface area contributed by atoms with Crippen molar-refractivity contribution in [3.63, 3.8) is 0 Å². The molecule has 0 aromatic heterocycles. The largest absolute Gasteiger partial charge is 0.482 e. The van der Waals surface area contributed by atoms with E-state index in [1.807, 2.05) is 41.5 Å². The zero-order chi connectivity index (χ0) is 42.9. The summed E-state index contributed by atoms with van der Waals surface area (Å²) in [5.41, 5.74) is -0.569. The first-order chi connectivity index (χ1) is 27.3. The van der Waals surface area contributed by atoms with Crippen LogP contribution in [0.15, 0.2) is 24.3 Å². The van der Waals surface area contributed by atoms with Crippen molar-refractivity contribution in [2.75, 3.05) is 52.5 Å². The molecule has 0 radical (unpaired) electrons. The minimum absolute atomic E-state index is 0.156. The number of piperidine rings is 2. The molecule has 2 aliphatic heterocycles. The second kappa shape index (κ2) is 23.1. The summed E-state index contributed by atoms with van der Waals surface area (Å²) in [6.45, 7) is 16.7. The summed E-state index contributed by atoms with van der Waals surface area (Å²) in [5.74, 6) is -1.04. The number of carbonyl (C=O) groups is 6. The van der Waals surface area contributed by atoms with Gasteiger partial charge in [-0.3, -0.25) is 14.4 Å². The number of nitrogens with zero attached hydrogens (tertiary/aromatic N) is 2. The molecular weight excluding hydrogens is 748 g/mol. The normalized spacial score (nSPS) is 15.9. The fraction of sp³-hybridized carbons (Fsp3) is 0.721. The third-order valence-electron chi connectivity index (χ3n) is 10.1. The van der Waals surface area contributed by atoms with Crippen LogP contribution in [0.3, 0.4) is 0 Å². The summed E-state index contributed by atoms with van der Waals surface area (Å²) in [7, 11) is 0. The van der Waals surface area contributed by atoms with Crippen molar-refractivity contribution >= 4 is 35.9 Å². The molecule has 2 saturated heterocycles. The van der Waals surface area contributed by atoms with Gasteiger partial charge in [0.15, 0.2) is 6.61 Å². The molecule has 1 unspecified atom stereocenters. The Morgan fingerprint density at radius 1 is 0.741 bits per heavy atom. The van der Waals surface area contributed by atoms with Crippen molar-refractivity contribution in [1.82, 2.24) is 20.4 Å². The molecule has 1 atom stereocenters. The van der Waals surface area contributed by atoms with E-state index in [0.29, 0.717) is 62.2 Å². The van der Waals surface area contributed by atoms with Crippen molar-refractivity contribution < 1.29 is 52.5 Å². The summed E-state index contributed by atoms with van der Waals surface area (Å²) in [6, 6.07) is 5.92. The van der Waals surface area contributed by atoms with Crippen LogP contribution in [0.1, 0.15) is 125 Å². The van der Waals surface area contributed by atoms with Crippen LogP contribution in [0, 0.1) is 17.8 Å². The number of esters is 2. The molecule has 58 heavy (non-hydrogen) atoms. The van der Waals surface area contributed by atoms with Gasteiger partial charge in [-0.1, -0.05) is 12.1 Å². The topological polar surface area (TPSA) is 179 Å². The molecule has 4 amide bonds. The number of hydrogen-bond acceptors (Lipinski definition) is 11. The van der Waals surface area contributed by atoms with Gasteiger partial charge in [0.2, 0.25) is 11.8 Å². The van der Waals surface area contributed by atoms with Crippen molar-refractivity contribution in [2.45, 2.75) is 130 Å². The van der Waals surface area contributed by atoms with E-state index in [1.165, 1.54) is 0 Å². The van der Waals surface area contributed by atoms with Crippen molar-refractivity contribution in [3.05, 3.63) is 29.8 Å². The molecule has 326 valence electrons. The zero-order valence-corrected chi connectivity index (χ0v) is 36.0. The molecule has 2 N–H and O–H groups in total. The van der Waals surface area contributed by atoms with Crippen LogP contribution in [-0.4, -0.2) is 109 Å². The Balaban J connectivity index is 1.63. The summed E-state index contributed by atoms with van der Waals surface area (Å²) in [5, 5.41) is 5.72. The fourth-order valence-electron chi connectivity index (χ4n) is 7.10. The van der Waals surface area contributed by atoms with Crippen molar-refractivity contribution in [3.8, 4) is 5.75 Å². The first-order valence-electron chi connectivity index (χ1n) is 20.9. The van der Waals surface area contributed by atoms with Crippen LogP contribution in [0.5, 0.6) is 5.75 Å². The molecule has 15 nitrogen and oxygen atoms in total. The molecule has 2 aliphatic rings. The van der Waals surface area contributed by atoms with E-state index >= 15 is 0 Å². The predicted octanol–water partition coefficient (Wildman–Crippen LogP) is 6.33. The zero-order valence-electron chi connectivity index (χ0n) is 36.0. The van der Waals surface area contributed by atoms with E-state index in [0.717, 1.165) is 38.5 Å². The highest BCUT2D eigenvalue weighted by molar-refractivity contribution is 5.86. The highest BCUT2D eigenvalue weighted by Crippen LogP contribution is 2.30. The van der Waals surface area contributed by atoms with Crippen LogP contribution in [-0.2, 0) is 38.1 Å². The molecule has 0 saturated carbocycles. The van der Waals surface area contributed by atoms with E-state index in [2.05, 4.69) is 10.6 Å². The molecule has 15 heteroatoms. The van der Waals surface area contributed by atoms with E-state index in [1.54, 1.807) is 47.9 Å². The van der Waals surface area contributed by atoms with E-state index in [9.17, 15) is 28.8 Å². The number of carbonyl (C=O) groups excluding carboxylic acids is 6. The maximum Gasteiger partial charge on any atom is 0.410 e. The van der Waals surface area contributed by atoms with Crippen molar-refractivity contribution in [2.24, 2.45) is 17.8 Å². The number of likely N-dealkylation sites (tertiary alicyclic amines) is 2. The van der Waals surface area contributed by atoms with Gasteiger partial charge in [0, 0.05) is 32.1 Å². The van der Waals surface area contributed by atoms with Gasteiger partial charge < -0.3 is 44.1 Å². The molecule has 1 aromatic carbocycles. The van der Waals surface area contributed by atoms with Crippen LogP contribution in [0.25, 0.3) is 0 Å². The third kappa shape index (κ3) is 17.9. The van der Waals surface area contributed by atoms with Gasteiger partial charge in [0.25, 0.3) is 0 Å². The minimum atomic E-state index is -0.788. The maximum absolute atomic E-state index is 13.8. The summed E-state index contributed by atoms with van der Waals surface area (Å²) in [4.78, 5) is 80.3. The Hall–Kier alpha value is -4.56. The van der Waals surface area contributed by atoms with Gasteiger partial charge >= 0.3 is 24.1 Å². The molecule has 2 fully saturated rings. The summed E-state index contributed by atoms with van der Waals surface area (Å²) < 4.78 is 26.8. The number of ether oxygens (including phenoxy) is 5. The molecular formula is C43H68N4O11. The summed E-state index contributed by atoms with van der Waals surface area (Å²) >= 11 is 0. The lowest BCUT2D eigenvalue weighted by molar-refractivity contribution is -0.145.